The summed E-state index contributed by atoms with van der Waals surface area (Å²) in [6.07, 6.45) is 4.16. The minimum atomic E-state index is -1.16. The van der Waals surface area contributed by atoms with E-state index < -0.39 is 29.0 Å². The minimum Gasteiger partial charge on any atom is -0.369 e. The Balaban J connectivity index is 2.18. The van der Waals surface area contributed by atoms with Crippen LogP contribution >= 0.6 is 0 Å². The highest BCUT2D eigenvalue weighted by Crippen LogP contribution is 2.37. The summed E-state index contributed by atoms with van der Waals surface area (Å²) >= 11 is 0. The number of rotatable bonds is 2. The summed E-state index contributed by atoms with van der Waals surface area (Å²) in [5, 5.41) is 0.353. The Morgan fingerprint density at radius 3 is 2.68 bits per heavy atom. The number of nitrogens with zero attached hydrogens (tertiary/aromatic N) is 2. The number of primary amides is 1. The maximum absolute atomic E-state index is 13.4. The predicted octanol–water partition coefficient (Wildman–Crippen LogP) is 1.53. The van der Waals surface area contributed by atoms with Crippen molar-refractivity contribution in [2.45, 2.75) is 37.1 Å². The molecular weight excluding hydrogens is 290 g/mol. The van der Waals surface area contributed by atoms with E-state index >= 15 is 0 Å². The number of halogens is 2. The maximum Gasteiger partial charge on any atom is 0.232 e. The molecule has 3 rings (SSSR count). The van der Waals surface area contributed by atoms with Crippen molar-refractivity contribution >= 4 is 16.8 Å². The van der Waals surface area contributed by atoms with Crippen molar-refractivity contribution in [1.29, 1.82) is 0 Å². The summed E-state index contributed by atoms with van der Waals surface area (Å²) in [4.78, 5) is 20.5. The molecule has 0 spiro atoms. The van der Waals surface area contributed by atoms with Gasteiger partial charge in [0.1, 0.15) is 11.2 Å². The van der Waals surface area contributed by atoms with Crippen LogP contribution in [0.1, 0.15) is 31.5 Å². The first-order valence-corrected chi connectivity index (χ1v) is 7.13. The standard InChI is InChI=1S/C15H16F2N4O/c16-9-5-8-7-20-14(21-11(8)6-10(9)17)15(13(19)22)4-2-1-3-12(15)18/h5-7,12H,1-4,18H2,(H2,19,22). The van der Waals surface area contributed by atoms with E-state index in [4.69, 9.17) is 11.5 Å². The normalized spacial score (nSPS) is 25.3. The maximum atomic E-state index is 13.4. The fourth-order valence-electron chi connectivity index (χ4n) is 3.13. The van der Waals surface area contributed by atoms with Crippen LogP contribution in [0.5, 0.6) is 0 Å². The third kappa shape index (κ3) is 2.12. The molecule has 1 aliphatic carbocycles. The van der Waals surface area contributed by atoms with Gasteiger partial charge < -0.3 is 11.5 Å². The van der Waals surface area contributed by atoms with E-state index in [-0.39, 0.29) is 11.3 Å². The van der Waals surface area contributed by atoms with Crippen LogP contribution in [-0.2, 0) is 10.2 Å². The zero-order valence-electron chi connectivity index (χ0n) is 11.9. The van der Waals surface area contributed by atoms with Gasteiger partial charge in [0.25, 0.3) is 0 Å². The van der Waals surface area contributed by atoms with Crippen molar-refractivity contribution in [3.05, 3.63) is 35.8 Å². The number of carbonyl (C=O) groups excluding carboxylic acids is 1. The number of amides is 1. The zero-order chi connectivity index (χ0) is 15.9. The first-order valence-electron chi connectivity index (χ1n) is 7.13. The second kappa shape index (κ2) is 5.24. The zero-order valence-corrected chi connectivity index (χ0v) is 11.9. The molecule has 0 bridgehead atoms. The number of benzene rings is 1. The lowest BCUT2D eigenvalue weighted by Crippen LogP contribution is -2.56. The third-order valence-electron chi connectivity index (χ3n) is 4.43. The first-order chi connectivity index (χ1) is 10.4. The molecule has 22 heavy (non-hydrogen) atoms. The lowest BCUT2D eigenvalue weighted by molar-refractivity contribution is -0.125. The molecule has 1 heterocycles. The van der Waals surface area contributed by atoms with E-state index in [1.165, 1.54) is 6.20 Å². The second-order valence-corrected chi connectivity index (χ2v) is 5.71. The summed E-state index contributed by atoms with van der Waals surface area (Å²) in [5.74, 6) is -2.37. The van der Waals surface area contributed by atoms with Crippen molar-refractivity contribution in [1.82, 2.24) is 9.97 Å². The number of nitrogens with two attached hydrogens (primary N) is 2. The molecule has 2 atom stereocenters. The molecule has 1 aromatic heterocycles. The van der Waals surface area contributed by atoms with E-state index in [0.717, 1.165) is 25.0 Å². The Bertz CT molecular complexity index is 752. The SMILES string of the molecule is NC(=O)C1(c2ncc3cc(F)c(F)cc3n2)CCCCC1N. The average molecular weight is 306 g/mol. The lowest BCUT2D eigenvalue weighted by atomic mass is 9.69. The molecule has 1 amide bonds. The molecular formula is C15H16F2N4O. The molecule has 1 aromatic carbocycles. The molecule has 1 saturated carbocycles. The van der Waals surface area contributed by atoms with E-state index in [0.29, 0.717) is 18.2 Å². The van der Waals surface area contributed by atoms with Gasteiger partial charge in [-0.15, -0.1) is 0 Å². The summed E-state index contributed by atoms with van der Waals surface area (Å²) in [6.45, 7) is 0. The van der Waals surface area contributed by atoms with Gasteiger partial charge in [-0.3, -0.25) is 4.79 Å². The number of hydrogen-bond acceptors (Lipinski definition) is 4. The Hall–Kier alpha value is -2.15. The molecule has 1 fully saturated rings. The quantitative estimate of drug-likeness (QED) is 0.879. The molecule has 0 saturated heterocycles. The fraction of sp³-hybridized carbons (Fsp3) is 0.400. The molecule has 116 valence electrons. The smallest absolute Gasteiger partial charge is 0.232 e. The van der Waals surface area contributed by atoms with Crippen molar-refractivity contribution in [3.63, 3.8) is 0 Å². The van der Waals surface area contributed by atoms with Crippen molar-refractivity contribution in [2.24, 2.45) is 11.5 Å². The van der Waals surface area contributed by atoms with Crippen LogP contribution in [0.2, 0.25) is 0 Å². The molecule has 1 aliphatic rings. The van der Waals surface area contributed by atoms with Gasteiger partial charge in [-0.2, -0.15) is 0 Å². The van der Waals surface area contributed by atoms with Gasteiger partial charge in [0.05, 0.1) is 5.52 Å². The Morgan fingerprint density at radius 1 is 1.27 bits per heavy atom. The van der Waals surface area contributed by atoms with Crippen LogP contribution in [-0.4, -0.2) is 21.9 Å². The topological polar surface area (TPSA) is 94.9 Å². The van der Waals surface area contributed by atoms with Crippen LogP contribution < -0.4 is 11.5 Å². The average Bonchev–Trinajstić information content (AvgIpc) is 2.48. The largest absolute Gasteiger partial charge is 0.369 e. The number of fused-ring (bicyclic) bond motifs is 1. The van der Waals surface area contributed by atoms with Gasteiger partial charge in [-0.1, -0.05) is 12.8 Å². The number of carbonyl (C=O) groups is 1. The van der Waals surface area contributed by atoms with Crippen LogP contribution in [0.15, 0.2) is 18.3 Å². The Morgan fingerprint density at radius 2 is 2.00 bits per heavy atom. The summed E-state index contributed by atoms with van der Waals surface area (Å²) < 4.78 is 26.6. The van der Waals surface area contributed by atoms with Crippen LogP contribution in [0.25, 0.3) is 10.9 Å². The van der Waals surface area contributed by atoms with Crippen molar-refractivity contribution in [2.75, 3.05) is 0 Å². The van der Waals surface area contributed by atoms with E-state index in [2.05, 4.69) is 9.97 Å². The summed E-state index contributed by atoms with van der Waals surface area (Å²) in [6, 6.07) is 1.52. The Labute approximate surface area is 125 Å². The molecule has 0 aliphatic heterocycles. The van der Waals surface area contributed by atoms with Gasteiger partial charge in [0.15, 0.2) is 11.6 Å². The van der Waals surface area contributed by atoms with Crippen molar-refractivity contribution in [3.8, 4) is 0 Å². The molecule has 0 radical (unpaired) electrons. The van der Waals surface area contributed by atoms with E-state index in [1.807, 2.05) is 0 Å². The van der Waals surface area contributed by atoms with Crippen LogP contribution in [0, 0.1) is 11.6 Å². The Kier molecular flexibility index (Phi) is 3.52. The van der Waals surface area contributed by atoms with Crippen LogP contribution in [0.3, 0.4) is 0 Å². The van der Waals surface area contributed by atoms with Gasteiger partial charge in [0, 0.05) is 23.7 Å². The molecule has 2 unspecified atom stereocenters. The van der Waals surface area contributed by atoms with E-state index in [1.54, 1.807) is 0 Å². The first kappa shape index (κ1) is 14.8. The lowest BCUT2D eigenvalue weighted by Gasteiger charge is -2.38. The second-order valence-electron chi connectivity index (χ2n) is 5.71. The molecule has 4 N–H and O–H groups in total. The summed E-state index contributed by atoms with van der Waals surface area (Å²) in [5.41, 5.74) is 10.8. The highest BCUT2D eigenvalue weighted by Gasteiger charge is 2.48. The highest BCUT2D eigenvalue weighted by atomic mass is 19.2. The van der Waals surface area contributed by atoms with Crippen LogP contribution in [0.4, 0.5) is 8.78 Å². The monoisotopic (exact) mass is 306 g/mol. The molecule has 5 nitrogen and oxygen atoms in total. The predicted molar refractivity (Wildman–Crippen MR) is 76.8 cm³/mol. The third-order valence-corrected chi connectivity index (χ3v) is 4.43. The molecule has 2 aromatic rings. The van der Waals surface area contributed by atoms with Gasteiger partial charge in [-0.05, 0) is 18.9 Å². The molecule has 7 heteroatoms. The van der Waals surface area contributed by atoms with Gasteiger partial charge >= 0.3 is 0 Å². The van der Waals surface area contributed by atoms with E-state index in [9.17, 15) is 13.6 Å². The van der Waals surface area contributed by atoms with Crippen molar-refractivity contribution < 1.29 is 13.6 Å². The number of aromatic nitrogens is 2. The summed E-state index contributed by atoms with van der Waals surface area (Å²) in [7, 11) is 0. The van der Waals surface area contributed by atoms with Gasteiger partial charge in [-0.25, -0.2) is 18.7 Å². The fourth-order valence-corrected chi connectivity index (χ4v) is 3.13. The number of hydrogen-bond donors (Lipinski definition) is 2. The van der Waals surface area contributed by atoms with Gasteiger partial charge in [0.2, 0.25) is 5.91 Å². The highest BCUT2D eigenvalue weighted by molar-refractivity contribution is 5.88. The minimum absolute atomic E-state index is 0.186.